The lowest BCUT2D eigenvalue weighted by atomic mass is 9.96. The standard InChI is InChI=1S/C26H23F3N2O5/c1-31(2)25(35)19-13-15(14-22(32)33)7-12-20(19)30-24(34)18-5-4-6-21(36-3)23(18)16-8-10-17(11-9-16)26(27,28)29/h4-13H,14H2,1-3H3,(H,30,34)(H,32,33)/p-1. The van der Waals surface area contributed by atoms with Gasteiger partial charge >= 0.3 is 6.18 Å². The number of nitrogens with one attached hydrogen (secondary N) is 1. The van der Waals surface area contributed by atoms with E-state index in [-0.39, 0.29) is 28.1 Å². The van der Waals surface area contributed by atoms with Crippen LogP contribution in [0.5, 0.6) is 5.75 Å². The lowest BCUT2D eigenvalue weighted by Crippen LogP contribution is -2.26. The molecule has 3 aromatic carbocycles. The van der Waals surface area contributed by atoms with Crippen LogP contribution < -0.4 is 15.2 Å². The minimum Gasteiger partial charge on any atom is -0.550 e. The maximum atomic E-state index is 13.3. The average molecular weight is 499 g/mol. The molecular weight excluding hydrogens is 477 g/mol. The molecule has 0 fully saturated rings. The van der Waals surface area contributed by atoms with E-state index in [2.05, 4.69) is 5.32 Å². The molecular formula is C26H22F3N2O5-. The molecule has 0 aliphatic rings. The number of benzene rings is 3. The van der Waals surface area contributed by atoms with Crippen molar-refractivity contribution >= 4 is 23.5 Å². The second kappa shape index (κ2) is 10.5. The zero-order valence-corrected chi connectivity index (χ0v) is 19.6. The molecule has 0 aromatic heterocycles. The maximum absolute atomic E-state index is 13.3. The van der Waals surface area contributed by atoms with Gasteiger partial charge in [0, 0.05) is 32.0 Å². The van der Waals surface area contributed by atoms with Crippen LogP contribution in [-0.2, 0) is 17.4 Å². The minimum absolute atomic E-state index is 0.0612. The van der Waals surface area contributed by atoms with Crippen molar-refractivity contribution in [3.05, 3.63) is 82.9 Å². The number of halogens is 3. The van der Waals surface area contributed by atoms with Gasteiger partial charge < -0.3 is 24.9 Å². The zero-order chi connectivity index (χ0) is 26.6. The monoisotopic (exact) mass is 499 g/mol. The van der Waals surface area contributed by atoms with E-state index < -0.39 is 35.9 Å². The average Bonchev–Trinajstić information content (AvgIpc) is 2.83. The van der Waals surface area contributed by atoms with E-state index >= 15 is 0 Å². The van der Waals surface area contributed by atoms with Gasteiger partial charge in [-0.3, -0.25) is 9.59 Å². The van der Waals surface area contributed by atoms with Crippen LogP contribution in [0.25, 0.3) is 11.1 Å². The van der Waals surface area contributed by atoms with Crippen LogP contribution in [0.2, 0.25) is 0 Å². The fraction of sp³-hybridized carbons (Fsp3) is 0.192. The summed E-state index contributed by atoms with van der Waals surface area (Å²) in [7, 11) is 4.38. The van der Waals surface area contributed by atoms with Gasteiger partial charge in [0.05, 0.1) is 29.5 Å². The van der Waals surface area contributed by atoms with Gasteiger partial charge in [0.2, 0.25) is 0 Å². The number of hydrogen-bond donors (Lipinski definition) is 1. The molecule has 3 aromatic rings. The number of nitrogens with zero attached hydrogens (tertiary/aromatic N) is 1. The molecule has 188 valence electrons. The largest absolute Gasteiger partial charge is 0.550 e. The minimum atomic E-state index is -4.52. The van der Waals surface area contributed by atoms with E-state index in [0.717, 1.165) is 12.1 Å². The summed E-state index contributed by atoms with van der Waals surface area (Å²) in [5.41, 5.74) is 0.338. The van der Waals surface area contributed by atoms with Gasteiger partial charge in [-0.25, -0.2) is 0 Å². The van der Waals surface area contributed by atoms with Crippen LogP contribution >= 0.6 is 0 Å². The van der Waals surface area contributed by atoms with Crippen molar-refractivity contribution in [1.82, 2.24) is 4.90 Å². The summed E-state index contributed by atoms with van der Waals surface area (Å²) in [6.45, 7) is 0. The van der Waals surface area contributed by atoms with Crippen LogP contribution in [0.3, 0.4) is 0 Å². The molecule has 0 radical (unpaired) electrons. The highest BCUT2D eigenvalue weighted by Gasteiger charge is 2.30. The molecule has 0 saturated heterocycles. The number of hydrogen-bond acceptors (Lipinski definition) is 5. The summed E-state index contributed by atoms with van der Waals surface area (Å²) in [6, 6.07) is 13.1. The molecule has 0 saturated carbocycles. The molecule has 36 heavy (non-hydrogen) atoms. The van der Waals surface area contributed by atoms with Gasteiger partial charge in [-0.15, -0.1) is 0 Å². The highest BCUT2D eigenvalue weighted by atomic mass is 19.4. The first-order valence-electron chi connectivity index (χ1n) is 10.6. The number of carboxylic acids is 1. The summed E-state index contributed by atoms with van der Waals surface area (Å²) in [5, 5.41) is 13.6. The third-order valence-corrected chi connectivity index (χ3v) is 5.31. The molecule has 2 amide bonds. The Hall–Kier alpha value is -4.34. The first-order chi connectivity index (χ1) is 16.9. The van der Waals surface area contributed by atoms with E-state index in [1.54, 1.807) is 12.1 Å². The van der Waals surface area contributed by atoms with Crippen molar-refractivity contribution in [2.75, 3.05) is 26.5 Å². The third-order valence-electron chi connectivity index (χ3n) is 5.31. The second-order valence-electron chi connectivity index (χ2n) is 8.04. The van der Waals surface area contributed by atoms with E-state index in [1.807, 2.05) is 0 Å². The quantitative estimate of drug-likeness (QED) is 0.536. The van der Waals surface area contributed by atoms with Crippen molar-refractivity contribution in [3.8, 4) is 16.9 Å². The number of amides is 2. The number of rotatable bonds is 7. The van der Waals surface area contributed by atoms with E-state index in [9.17, 15) is 32.7 Å². The van der Waals surface area contributed by atoms with Crippen LogP contribution in [0.1, 0.15) is 31.8 Å². The normalized spacial score (nSPS) is 11.1. The summed E-state index contributed by atoms with van der Waals surface area (Å²) < 4.78 is 44.4. The first-order valence-corrected chi connectivity index (χ1v) is 10.6. The highest BCUT2D eigenvalue weighted by Crippen LogP contribution is 2.36. The van der Waals surface area contributed by atoms with Crippen molar-refractivity contribution < 1.29 is 37.4 Å². The van der Waals surface area contributed by atoms with Crippen molar-refractivity contribution in [2.45, 2.75) is 12.6 Å². The van der Waals surface area contributed by atoms with E-state index in [1.165, 1.54) is 62.5 Å². The molecule has 0 bridgehead atoms. The number of methoxy groups -OCH3 is 1. The molecule has 0 unspecified atom stereocenters. The van der Waals surface area contributed by atoms with Gasteiger partial charge in [-0.2, -0.15) is 13.2 Å². The van der Waals surface area contributed by atoms with E-state index in [4.69, 9.17) is 4.74 Å². The second-order valence-corrected chi connectivity index (χ2v) is 8.04. The number of ether oxygens (including phenoxy) is 1. The smallest absolute Gasteiger partial charge is 0.416 e. The van der Waals surface area contributed by atoms with Crippen LogP contribution in [-0.4, -0.2) is 43.9 Å². The summed E-state index contributed by atoms with van der Waals surface area (Å²) >= 11 is 0. The highest BCUT2D eigenvalue weighted by molar-refractivity contribution is 6.12. The molecule has 0 heterocycles. The number of alkyl halides is 3. The molecule has 0 atom stereocenters. The van der Waals surface area contributed by atoms with Gasteiger partial charge in [0.25, 0.3) is 11.8 Å². The molecule has 10 heteroatoms. The third kappa shape index (κ3) is 5.83. The van der Waals surface area contributed by atoms with Gasteiger partial charge in [0.1, 0.15) is 5.75 Å². The Morgan fingerprint density at radius 1 is 0.972 bits per heavy atom. The number of carbonyl (C=O) groups is 3. The lowest BCUT2D eigenvalue weighted by Gasteiger charge is -2.18. The number of carbonyl (C=O) groups excluding carboxylic acids is 3. The van der Waals surface area contributed by atoms with Crippen LogP contribution in [0.4, 0.5) is 18.9 Å². The molecule has 0 aliphatic carbocycles. The number of aliphatic carboxylic acids is 1. The predicted octanol–water partition coefficient (Wildman–Crippen LogP) is 3.63. The Balaban J connectivity index is 2.05. The predicted molar refractivity (Wildman–Crippen MR) is 125 cm³/mol. The van der Waals surface area contributed by atoms with Gasteiger partial charge in [-0.1, -0.05) is 24.3 Å². The van der Waals surface area contributed by atoms with Gasteiger partial charge in [-0.05, 0) is 47.5 Å². The molecule has 0 spiro atoms. The molecule has 0 aliphatic heterocycles. The summed E-state index contributed by atoms with van der Waals surface area (Å²) in [5.74, 6) is -2.19. The SMILES string of the molecule is COc1cccc(C(=O)Nc2ccc(CC(=O)[O-])cc2C(=O)N(C)C)c1-c1ccc(C(F)(F)F)cc1. The molecule has 7 nitrogen and oxygen atoms in total. The molecule has 1 N–H and O–H groups in total. The number of anilines is 1. The Kier molecular flexibility index (Phi) is 7.67. The Morgan fingerprint density at radius 3 is 2.19 bits per heavy atom. The fourth-order valence-electron chi connectivity index (χ4n) is 3.60. The lowest BCUT2D eigenvalue weighted by molar-refractivity contribution is -0.304. The van der Waals surface area contributed by atoms with Crippen molar-refractivity contribution in [3.63, 3.8) is 0 Å². The van der Waals surface area contributed by atoms with Crippen LogP contribution in [0.15, 0.2) is 60.7 Å². The Morgan fingerprint density at radius 2 is 1.64 bits per heavy atom. The van der Waals surface area contributed by atoms with Crippen LogP contribution in [0, 0.1) is 0 Å². The Bertz CT molecular complexity index is 1300. The Labute approximate surface area is 205 Å². The fourth-order valence-corrected chi connectivity index (χ4v) is 3.60. The molecule has 3 rings (SSSR count). The summed E-state index contributed by atoms with van der Waals surface area (Å²) in [6.07, 6.45) is -4.94. The first kappa shape index (κ1) is 26.3. The van der Waals surface area contributed by atoms with Crippen molar-refractivity contribution in [1.29, 1.82) is 0 Å². The van der Waals surface area contributed by atoms with E-state index in [0.29, 0.717) is 11.1 Å². The topological polar surface area (TPSA) is 98.8 Å². The zero-order valence-electron chi connectivity index (χ0n) is 19.6. The maximum Gasteiger partial charge on any atom is 0.416 e. The summed E-state index contributed by atoms with van der Waals surface area (Å²) in [4.78, 5) is 38.3. The number of carboxylic acid groups (broad SMARTS) is 1. The van der Waals surface area contributed by atoms with Gasteiger partial charge in [0.15, 0.2) is 0 Å². The van der Waals surface area contributed by atoms with Crippen molar-refractivity contribution in [2.24, 2.45) is 0 Å².